The molecule has 1 saturated heterocycles. The van der Waals surface area contributed by atoms with Crippen LogP contribution in [0.4, 0.5) is 5.82 Å². The number of anilines is 1. The van der Waals surface area contributed by atoms with Gasteiger partial charge in [0.25, 0.3) is 0 Å². The van der Waals surface area contributed by atoms with Gasteiger partial charge in [0.1, 0.15) is 12.3 Å². The molecule has 180 valence electrons. The predicted molar refractivity (Wildman–Crippen MR) is 138 cm³/mol. The van der Waals surface area contributed by atoms with E-state index in [4.69, 9.17) is 14.7 Å². The Morgan fingerprint density at radius 1 is 0.833 bits per heavy atom. The largest absolute Gasteiger partial charge is 0.460 e. The van der Waals surface area contributed by atoms with E-state index >= 15 is 0 Å². The first-order chi connectivity index (χ1) is 17.7. The number of hydrogen-bond acceptors (Lipinski definition) is 7. The number of piperazine rings is 1. The summed E-state index contributed by atoms with van der Waals surface area (Å²) >= 11 is 0. The lowest BCUT2D eigenvalue weighted by Gasteiger charge is -2.36. The standard InChI is InChI=1S/C29H27N5O2/c30-19-24(29(35)36-21-23-11-5-2-6-12-23)27-28(32-26-14-8-7-13-25(26)31-27)34-17-15-33(16-18-34)20-22-9-3-1-4-10-22/h1-14,24H,15-18,20-21H2/t24-/m1/s1. The van der Waals surface area contributed by atoms with Gasteiger partial charge in [0.15, 0.2) is 11.7 Å². The minimum Gasteiger partial charge on any atom is -0.460 e. The molecular formula is C29H27N5O2. The van der Waals surface area contributed by atoms with Gasteiger partial charge in [-0.25, -0.2) is 9.97 Å². The van der Waals surface area contributed by atoms with Crippen LogP contribution in [-0.4, -0.2) is 47.0 Å². The van der Waals surface area contributed by atoms with Crippen LogP contribution in [0, 0.1) is 11.3 Å². The van der Waals surface area contributed by atoms with Crippen LogP contribution in [-0.2, 0) is 22.7 Å². The smallest absolute Gasteiger partial charge is 0.330 e. The summed E-state index contributed by atoms with van der Waals surface area (Å²) in [6.07, 6.45) is 0. The average molecular weight is 478 g/mol. The molecule has 7 heteroatoms. The number of benzene rings is 3. The molecule has 7 nitrogen and oxygen atoms in total. The first-order valence-corrected chi connectivity index (χ1v) is 12.1. The number of carbonyl (C=O) groups is 1. The second kappa shape index (κ2) is 11.0. The van der Waals surface area contributed by atoms with Crippen molar-refractivity contribution in [2.45, 2.75) is 19.1 Å². The molecule has 36 heavy (non-hydrogen) atoms. The summed E-state index contributed by atoms with van der Waals surface area (Å²) in [5.41, 5.74) is 3.88. The molecule has 1 atom stereocenters. The van der Waals surface area contributed by atoms with Gasteiger partial charge in [-0.05, 0) is 23.3 Å². The topological polar surface area (TPSA) is 82.3 Å². The number of aromatic nitrogens is 2. The molecule has 1 aliphatic rings. The van der Waals surface area contributed by atoms with E-state index in [0.717, 1.165) is 43.8 Å². The van der Waals surface area contributed by atoms with Crippen molar-refractivity contribution >= 4 is 22.8 Å². The van der Waals surface area contributed by atoms with Crippen LogP contribution in [0.15, 0.2) is 84.9 Å². The summed E-state index contributed by atoms with van der Waals surface area (Å²) in [6, 6.07) is 29.5. The van der Waals surface area contributed by atoms with E-state index in [-0.39, 0.29) is 6.61 Å². The molecule has 0 radical (unpaired) electrons. The van der Waals surface area contributed by atoms with E-state index in [2.05, 4.69) is 40.1 Å². The number of hydrogen-bond donors (Lipinski definition) is 0. The molecular weight excluding hydrogens is 450 g/mol. The van der Waals surface area contributed by atoms with Crippen LogP contribution in [0.5, 0.6) is 0 Å². The molecule has 1 fully saturated rings. The Morgan fingerprint density at radius 2 is 1.42 bits per heavy atom. The number of para-hydroxylation sites is 2. The highest BCUT2D eigenvalue weighted by Crippen LogP contribution is 2.29. The molecule has 0 amide bonds. The summed E-state index contributed by atoms with van der Waals surface area (Å²) < 4.78 is 5.52. The van der Waals surface area contributed by atoms with Crippen molar-refractivity contribution < 1.29 is 9.53 Å². The van der Waals surface area contributed by atoms with Crippen LogP contribution in [0.25, 0.3) is 11.0 Å². The number of rotatable bonds is 7. The molecule has 0 saturated carbocycles. The molecule has 0 N–H and O–H groups in total. The third-order valence-electron chi connectivity index (χ3n) is 6.36. The number of esters is 1. The third kappa shape index (κ3) is 5.35. The van der Waals surface area contributed by atoms with Crippen molar-refractivity contribution in [2.75, 3.05) is 31.1 Å². The third-order valence-corrected chi connectivity index (χ3v) is 6.36. The van der Waals surface area contributed by atoms with Crippen LogP contribution < -0.4 is 4.90 Å². The maximum absolute atomic E-state index is 13.0. The van der Waals surface area contributed by atoms with E-state index in [1.165, 1.54) is 5.56 Å². The van der Waals surface area contributed by atoms with Gasteiger partial charge in [-0.1, -0.05) is 72.8 Å². The molecule has 2 heterocycles. The fourth-order valence-corrected chi connectivity index (χ4v) is 4.43. The van der Waals surface area contributed by atoms with Gasteiger partial charge in [0.2, 0.25) is 0 Å². The van der Waals surface area contributed by atoms with Gasteiger partial charge < -0.3 is 9.64 Å². The zero-order valence-electron chi connectivity index (χ0n) is 20.0. The summed E-state index contributed by atoms with van der Waals surface area (Å²) in [5.74, 6) is -1.20. The fraction of sp³-hybridized carbons (Fsp3) is 0.241. The van der Waals surface area contributed by atoms with E-state index in [9.17, 15) is 10.1 Å². The van der Waals surface area contributed by atoms with Crippen LogP contribution in [0.1, 0.15) is 22.7 Å². The minimum absolute atomic E-state index is 0.104. The highest BCUT2D eigenvalue weighted by molar-refractivity contribution is 5.85. The molecule has 3 aromatic carbocycles. The van der Waals surface area contributed by atoms with Crippen molar-refractivity contribution in [1.82, 2.24) is 14.9 Å². The quantitative estimate of drug-likeness (QED) is 0.367. The van der Waals surface area contributed by atoms with Crippen molar-refractivity contribution in [3.8, 4) is 6.07 Å². The lowest BCUT2D eigenvalue weighted by atomic mass is 10.1. The molecule has 5 rings (SSSR count). The maximum Gasteiger partial charge on any atom is 0.330 e. The van der Waals surface area contributed by atoms with Gasteiger partial charge in [-0.3, -0.25) is 9.69 Å². The Hall–Kier alpha value is -4.28. The zero-order valence-corrected chi connectivity index (χ0v) is 20.0. The Morgan fingerprint density at radius 3 is 2.06 bits per heavy atom. The molecule has 4 aromatic rings. The molecule has 0 aliphatic carbocycles. The molecule has 0 spiro atoms. The molecule has 0 bridgehead atoms. The van der Waals surface area contributed by atoms with E-state index in [0.29, 0.717) is 17.0 Å². The van der Waals surface area contributed by atoms with Gasteiger partial charge >= 0.3 is 5.97 Å². The number of fused-ring (bicyclic) bond motifs is 1. The van der Waals surface area contributed by atoms with Gasteiger partial charge in [0, 0.05) is 32.7 Å². The van der Waals surface area contributed by atoms with Crippen LogP contribution >= 0.6 is 0 Å². The van der Waals surface area contributed by atoms with E-state index in [1.807, 2.05) is 60.7 Å². The Bertz CT molecular complexity index is 1360. The Labute approximate surface area is 210 Å². The van der Waals surface area contributed by atoms with Crippen molar-refractivity contribution in [3.05, 3.63) is 102 Å². The lowest BCUT2D eigenvalue weighted by molar-refractivity contribution is -0.145. The number of carbonyl (C=O) groups excluding carboxylic acids is 1. The second-order valence-corrected chi connectivity index (χ2v) is 8.83. The number of ether oxygens (including phenoxy) is 1. The number of nitriles is 1. The Balaban J connectivity index is 1.37. The van der Waals surface area contributed by atoms with E-state index < -0.39 is 11.9 Å². The predicted octanol–water partition coefficient (Wildman–Crippen LogP) is 4.30. The summed E-state index contributed by atoms with van der Waals surface area (Å²) in [6.45, 7) is 4.13. The summed E-state index contributed by atoms with van der Waals surface area (Å²) in [4.78, 5) is 27.2. The van der Waals surface area contributed by atoms with Crippen molar-refractivity contribution in [2.24, 2.45) is 0 Å². The fourth-order valence-electron chi connectivity index (χ4n) is 4.43. The average Bonchev–Trinajstić information content (AvgIpc) is 2.93. The Kier molecular flexibility index (Phi) is 7.15. The molecule has 1 aliphatic heterocycles. The first kappa shape index (κ1) is 23.5. The van der Waals surface area contributed by atoms with Crippen molar-refractivity contribution in [3.63, 3.8) is 0 Å². The molecule has 1 aromatic heterocycles. The zero-order chi connectivity index (χ0) is 24.7. The molecule has 0 unspecified atom stereocenters. The van der Waals surface area contributed by atoms with Crippen LogP contribution in [0.3, 0.4) is 0 Å². The van der Waals surface area contributed by atoms with Gasteiger partial charge in [-0.15, -0.1) is 0 Å². The van der Waals surface area contributed by atoms with Gasteiger partial charge in [-0.2, -0.15) is 5.26 Å². The summed E-state index contributed by atoms with van der Waals surface area (Å²) in [7, 11) is 0. The maximum atomic E-state index is 13.0. The highest BCUT2D eigenvalue weighted by Gasteiger charge is 2.31. The lowest BCUT2D eigenvalue weighted by Crippen LogP contribution is -2.46. The monoisotopic (exact) mass is 477 g/mol. The van der Waals surface area contributed by atoms with Crippen molar-refractivity contribution in [1.29, 1.82) is 5.26 Å². The van der Waals surface area contributed by atoms with Crippen LogP contribution in [0.2, 0.25) is 0 Å². The van der Waals surface area contributed by atoms with E-state index in [1.54, 1.807) is 0 Å². The highest BCUT2D eigenvalue weighted by atomic mass is 16.5. The summed E-state index contributed by atoms with van der Waals surface area (Å²) in [5, 5.41) is 10.0. The second-order valence-electron chi connectivity index (χ2n) is 8.83. The normalized spacial score (nSPS) is 14.8. The number of nitrogens with zero attached hydrogens (tertiary/aromatic N) is 5. The van der Waals surface area contributed by atoms with Gasteiger partial charge in [0.05, 0.1) is 17.1 Å². The SMILES string of the molecule is N#C[C@@H](C(=O)OCc1ccccc1)c1nc2ccccc2nc1N1CCN(Cc2ccccc2)CC1. The minimum atomic E-state index is -1.16. The first-order valence-electron chi connectivity index (χ1n) is 12.1.